The maximum atomic E-state index is 11.0. The molecule has 0 bridgehead atoms. The molecular formula is C14H19N3O3. The Bertz CT molecular complexity index is 482. The second kappa shape index (κ2) is 5.76. The third-order valence-corrected chi connectivity index (χ3v) is 3.99. The molecule has 0 aromatic heterocycles. The second-order valence-electron chi connectivity index (χ2n) is 5.40. The van der Waals surface area contributed by atoms with Gasteiger partial charge in [-0.2, -0.15) is 0 Å². The van der Waals surface area contributed by atoms with E-state index >= 15 is 0 Å². The second-order valence-corrected chi connectivity index (χ2v) is 5.40. The molecule has 0 spiro atoms. The van der Waals surface area contributed by atoms with Gasteiger partial charge in [0.15, 0.2) is 0 Å². The van der Waals surface area contributed by atoms with Crippen LogP contribution in [0.25, 0.3) is 0 Å². The minimum atomic E-state index is -0.311. The first-order valence-corrected chi connectivity index (χ1v) is 7.06. The van der Waals surface area contributed by atoms with E-state index in [1.165, 1.54) is 0 Å². The van der Waals surface area contributed by atoms with Crippen molar-refractivity contribution in [2.45, 2.75) is 24.9 Å². The van der Waals surface area contributed by atoms with Crippen LogP contribution in [0.3, 0.4) is 0 Å². The van der Waals surface area contributed by atoms with E-state index in [1.807, 2.05) is 12.1 Å². The molecule has 6 nitrogen and oxygen atoms in total. The Morgan fingerprint density at radius 2 is 1.90 bits per heavy atom. The molecule has 108 valence electrons. The van der Waals surface area contributed by atoms with Crippen LogP contribution in [0.15, 0.2) is 24.3 Å². The number of nitrogens with one attached hydrogen (secondary N) is 1. The molecule has 2 heterocycles. The zero-order valence-electron chi connectivity index (χ0n) is 11.3. The third-order valence-electron chi connectivity index (χ3n) is 3.99. The van der Waals surface area contributed by atoms with Crippen LogP contribution in [-0.4, -0.2) is 43.3 Å². The number of hydrogen-bond acceptors (Lipinski definition) is 5. The van der Waals surface area contributed by atoms with Crippen LogP contribution in [0, 0.1) is 10.1 Å². The number of para-hydroxylation sites is 2. The predicted molar refractivity (Wildman–Crippen MR) is 76.1 cm³/mol. The Hall–Kier alpha value is -1.66. The molecule has 2 aliphatic heterocycles. The molecule has 3 rings (SSSR count). The number of nitrogens with zero attached hydrogens (tertiary/aromatic N) is 2. The first kappa shape index (κ1) is 13.3. The molecule has 0 unspecified atom stereocenters. The number of ether oxygens (including phenoxy) is 1. The van der Waals surface area contributed by atoms with Gasteiger partial charge >= 0.3 is 0 Å². The Labute approximate surface area is 117 Å². The van der Waals surface area contributed by atoms with E-state index in [0.717, 1.165) is 44.8 Å². The number of benzene rings is 1. The summed E-state index contributed by atoms with van der Waals surface area (Å²) in [4.78, 5) is 12.8. The predicted octanol–water partition coefficient (Wildman–Crippen LogP) is 1.55. The highest BCUT2D eigenvalue weighted by atomic mass is 16.6. The van der Waals surface area contributed by atoms with Gasteiger partial charge in [-0.05, 0) is 18.9 Å². The lowest BCUT2D eigenvalue weighted by atomic mass is 10.0. The van der Waals surface area contributed by atoms with E-state index in [-0.39, 0.29) is 10.6 Å². The van der Waals surface area contributed by atoms with Crippen LogP contribution in [0.4, 0.5) is 11.4 Å². The van der Waals surface area contributed by atoms with Gasteiger partial charge in [0.25, 0.3) is 5.69 Å². The highest BCUT2D eigenvalue weighted by Gasteiger charge is 2.32. The number of hydrogen-bond donors (Lipinski definition) is 1. The zero-order valence-corrected chi connectivity index (χ0v) is 11.3. The van der Waals surface area contributed by atoms with Crippen molar-refractivity contribution in [1.82, 2.24) is 5.32 Å². The van der Waals surface area contributed by atoms with Crippen molar-refractivity contribution in [3.8, 4) is 0 Å². The Kier molecular flexibility index (Phi) is 3.84. The maximum absolute atomic E-state index is 11.0. The summed E-state index contributed by atoms with van der Waals surface area (Å²) in [7, 11) is 0. The topological polar surface area (TPSA) is 67.6 Å². The van der Waals surface area contributed by atoms with Gasteiger partial charge in [0.1, 0.15) is 5.69 Å². The Balaban J connectivity index is 1.56. The van der Waals surface area contributed by atoms with Gasteiger partial charge in [-0.25, -0.2) is 0 Å². The minimum Gasteiger partial charge on any atom is -0.381 e. The quantitative estimate of drug-likeness (QED) is 0.668. The van der Waals surface area contributed by atoms with E-state index in [2.05, 4.69) is 10.2 Å². The fraction of sp³-hybridized carbons (Fsp3) is 0.571. The molecule has 1 aromatic carbocycles. The molecule has 6 heteroatoms. The highest BCUT2D eigenvalue weighted by Crippen LogP contribution is 2.31. The molecular weight excluding hydrogens is 258 g/mol. The molecule has 0 atom stereocenters. The fourth-order valence-corrected chi connectivity index (χ4v) is 2.86. The summed E-state index contributed by atoms with van der Waals surface area (Å²) in [5.41, 5.74) is 0.916. The van der Waals surface area contributed by atoms with Crippen molar-refractivity contribution < 1.29 is 9.66 Å². The van der Waals surface area contributed by atoms with Gasteiger partial charge in [-0.1, -0.05) is 12.1 Å². The van der Waals surface area contributed by atoms with Crippen LogP contribution < -0.4 is 10.2 Å². The monoisotopic (exact) mass is 277 g/mol. The van der Waals surface area contributed by atoms with Crippen molar-refractivity contribution in [3.63, 3.8) is 0 Å². The third kappa shape index (κ3) is 2.76. The molecule has 2 saturated heterocycles. The van der Waals surface area contributed by atoms with Crippen LogP contribution in [-0.2, 0) is 4.74 Å². The smallest absolute Gasteiger partial charge is 0.292 e. The summed E-state index contributed by atoms with van der Waals surface area (Å²) >= 11 is 0. The molecule has 2 fully saturated rings. The normalized spacial score (nSPS) is 20.7. The van der Waals surface area contributed by atoms with Gasteiger partial charge in [-0.15, -0.1) is 0 Å². The van der Waals surface area contributed by atoms with Crippen LogP contribution in [0.2, 0.25) is 0 Å². The molecule has 0 amide bonds. The maximum Gasteiger partial charge on any atom is 0.292 e. The standard InChI is InChI=1S/C14H19N3O3/c18-17(19)14-4-2-1-3-13(14)16-9-12(10-16)15-11-5-7-20-8-6-11/h1-4,11-12,15H,5-10H2. The highest BCUT2D eigenvalue weighted by molar-refractivity contribution is 5.64. The number of nitro benzene ring substituents is 1. The summed E-state index contributed by atoms with van der Waals surface area (Å²) in [5.74, 6) is 0. The van der Waals surface area contributed by atoms with Crippen LogP contribution in [0.1, 0.15) is 12.8 Å². The average molecular weight is 277 g/mol. The van der Waals surface area contributed by atoms with Crippen LogP contribution >= 0.6 is 0 Å². The summed E-state index contributed by atoms with van der Waals surface area (Å²) in [5, 5.41) is 14.6. The van der Waals surface area contributed by atoms with Crippen molar-refractivity contribution in [2.24, 2.45) is 0 Å². The summed E-state index contributed by atoms with van der Waals surface area (Å²) in [6, 6.07) is 7.90. The molecule has 1 N–H and O–H groups in total. The average Bonchev–Trinajstić information content (AvgIpc) is 2.43. The van der Waals surface area contributed by atoms with Gasteiger partial charge < -0.3 is 15.0 Å². The molecule has 1 aromatic rings. The number of rotatable bonds is 4. The van der Waals surface area contributed by atoms with E-state index in [1.54, 1.807) is 12.1 Å². The van der Waals surface area contributed by atoms with Gasteiger partial charge in [-0.3, -0.25) is 10.1 Å². The fourth-order valence-electron chi connectivity index (χ4n) is 2.86. The van der Waals surface area contributed by atoms with Crippen molar-refractivity contribution in [2.75, 3.05) is 31.2 Å². The molecule has 0 saturated carbocycles. The minimum absolute atomic E-state index is 0.192. The van der Waals surface area contributed by atoms with E-state index in [4.69, 9.17) is 4.74 Å². The van der Waals surface area contributed by atoms with Crippen LogP contribution in [0.5, 0.6) is 0 Å². The zero-order chi connectivity index (χ0) is 13.9. The molecule has 2 aliphatic rings. The molecule has 20 heavy (non-hydrogen) atoms. The van der Waals surface area contributed by atoms with E-state index < -0.39 is 0 Å². The summed E-state index contributed by atoms with van der Waals surface area (Å²) in [6.07, 6.45) is 2.12. The molecule has 0 radical (unpaired) electrons. The van der Waals surface area contributed by atoms with Gasteiger partial charge in [0.2, 0.25) is 0 Å². The van der Waals surface area contributed by atoms with E-state index in [9.17, 15) is 10.1 Å². The summed E-state index contributed by atoms with van der Waals surface area (Å²) < 4.78 is 5.34. The number of nitro groups is 1. The van der Waals surface area contributed by atoms with Gasteiger partial charge in [0, 0.05) is 44.5 Å². The van der Waals surface area contributed by atoms with E-state index in [0.29, 0.717) is 12.1 Å². The van der Waals surface area contributed by atoms with Crippen molar-refractivity contribution >= 4 is 11.4 Å². The largest absolute Gasteiger partial charge is 0.381 e. The van der Waals surface area contributed by atoms with Crippen molar-refractivity contribution in [1.29, 1.82) is 0 Å². The first-order valence-electron chi connectivity index (χ1n) is 7.06. The Morgan fingerprint density at radius 1 is 1.20 bits per heavy atom. The Morgan fingerprint density at radius 3 is 2.60 bits per heavy atom. The summed E-state index contributed by atoms with van der Waals surface area (Å²) in [6.45, 7) is 3.33. The van der Waals surface area contributed by atoms with Gasteiger partial charge in [0.05, 0.1) is 4.92 Å². The SMILES string of the molecule is O=[N+]([O-])c1ccccc1N1CC(NC2CCOCC2)C1. The first-order chi connectivity index (χ1) is 9.74. The molecule has 0 aliphatic carbocycles. The lowest BCUT2D eigenvalue weighted by Gasteiger charge is -2.43. The number of anilines is 1. The lowest BCUT2D eigenvalue weighted by molar-refractivity contribution is -0.384. The van der Waals surface area contributed by atoms with Crippen molar-refractivity contribution in [3.05, 3.63) is 34.4 Å². The lowest BCUT2D eigenvalue weighted by Crippen LogP contribution is -2.61.